The van der Waals surface area contributed by atoms with Gasteiger partial charge in [0.25, 0.3) is 0 Å². The van der Waals surface area contributed by atoms with Crippen LogP contribution in [0.25, 0.3) is 0 Å². The lowest BCUT2D eigenvalue weighted by atomic mass is 10.0. The van der Waals surface area contributed by atoms with E-state index in [1.807, 2.05) is 0 Å². The van der Waals surface area contributed by atoms with Crippen LogP contribution in [0.15, 0.2) is 0 Å². The van der Waals surface area contributed by atoms with Gasteiger partial charge in [-0.1, -0.05) is 6.92 Å². The van der Waals surface area contributed by atoms with Crippen molar-refractivity contribution in [3.63, 3.8) is 0 Å². The summed E-state index contributed by atoms with van der Waals surface area (Å²) in [5.41, 5.74) is 5.59. The summed E-state index contributed by atoms with van der Waals surface area (Å²) in [6.45, 7) is 8.18. The smallest absolute Gasteiger partial charge is 0.0123 e. The minimum absolute atomic E-state index is 0.263. The number of hydrogen-bond acceptors (Lipinski definition) is 2. The van der Waals surface area contributed by atoms with E-state index in [4.69, 9.17) is 5.73 Å². The van der Waals surface area contributed by atoms with Crippen LogP contribution < -0.4 is 11.1 Å². The summed E-state index contributed by atoms with van der Waals surface area (Å²) >= 11 is 0. The minimum atomic E-state index is 0.263. The highest BCUT2D eigenvalue weighted by molar-refractivity contribution is 4.74. The molecule has 0 aliphatic carbocycles. The first-order valence-corrected chi connectivity index (χ1v) is 3.57. The Labute approximate surface area is 57.8 Å². The summed E-state index contributed by atoms with van der Waals surface area (Å²) in [5.74, 6) is 0. The van der Waals surface area contributed by atoms with Gasteiger partial charge in [0.2, 0.25) is 0 Å². The summed E-state index contributed by atoms with van der Waals surface area (Å²) in [5, 5.41) is 3.33. The lowest BCUT2D eigenvalue weighted by Gasteiger charge is -2.23. The third kappa shape index (κ3) is 4.43. The van der Waals surface area contributed by atoms with Crippen molar-refractivity contribution < 1.29 is 0 Å². The molecule has 0 aliphatic rings. The van der Waals surface area contributed by atoms with Gasteiger partial charge in [0.1, 0.15) is 0 Å². The van der Waals surface area contributed by atoms with Gasteiger partial charge in [-0.2, -0.15) is 0 Å². The van der Waals surface area contributed by atoms with Crippen molar-refractivity contribution in [2.75, 3.05) is 13.1 Å². The van der Waals surface area contributed by atoms with Crippen molar-refractivity contribution >= 4 is 0 Å². The predicted molar refractivity (Wildman–Crippen MR) is 41.4 cm³/mol. The third-order valence-electron chi connectivity index (χ3n) is 1.63. The van der Waals surface area contributed by atoms with Crippen molar-refractivity contribution in [1.82, 2.24) is 5.32 Å². The van der Waals surface area contributed by atoms with Gasteiger partial charge in [0.15, 0.2) is 0 Å². The fourth-order valence-electron chi connectivity index (χ4n) is 0.536. The molecular weight excluding hydrogens is 112 g/mol. The summed E-state index contributed by atoms with van der Waals surface area (Å²) in [4.78, 5) is 0. The van der Waals surface area contributed by atoms with Crippen LogP contribution in [0.1, 0.15) is 27.2 Å². The molecule has 0 fully saturated rings. The molecular formula is C7H18N2. The van der Waals surface area contributed by atoms with E-state index in [-0.39, 0.29) is 5.54 Å². The molecule has 0 rings (SSSR count). The van der Waals surface area contributed by atoms with E-state index in [2.05, 4.69) is 26.1 Å². The fourth-order valence-corrected chi connectivity index (χ4v) is 0.536. The standard InChI is InChI=1S/C7H18N2/c1-4-7(2,3)9-6-5-8/h9H,4-6,8H2,1-3H3. The summed E-state index contributed by atoms with van der Waals surface area (Å²) in [7, 11) is 0. The Morgan fingerprint density at radius 3 is 2.33 bits per heavy atom. The van der Waals surface area contributed by atoms with Gasteiger partial charge in [-0.15, -0.1) is 0 Å². The molecule has 0 atom stereocenters. The molecule has 0 bridgehead atoms. The Kier molecular flexibility index (Phi) is 3.82. The average Bonchev–Trinajstić information content (AvgIpc) is 1.84. The number of rotatable bonds is 4. The zero-order chi connectivity index (χ0) is 7.33. The maximum absolute atomic E-state index is 5.33. The highest BCUT2D eigenvalue weighted by Gasteiger charge is 2.11. The van der Waals surface area contributed by atoms with Crippen LogP contribution in [0, 0.1) is 0 Å². The third-order valence-corrected chi connectivity index (χ3v) is 1.63. The van der Waals surface area contributed by atoms with E-state index in [0.717, 1.165) is 19.5 Å². The molecule has 0 saturated carbocycles. The zero-order valence-electron chi connectivity index (χ0n) is 6.70. The normalized spacial score (nSPS) is 12.0. The van der Waals surface area contributed by atoms with Crippen LogP contribution in [0.2, 0.25) is 0 Å². The molecule has 3 N–H and O–H groups in total. The number of nitrogens with one attached hydrogen (secondary N) is 1. The van der Waals surface area contributed by atoms with E-state index in [1.165, 1.54) is 0 Å². The highest BCUT2D eigenvalue weighted by Crippen LogP contribution is 2.04. The zero-order valence-corrected chi connectivity index (χ0v) is 6.70. The second kappa shape index (κ2) is 3.85. The van der Waals surface area contributed by atoms with Gasteiger partial charge in [-0.3, -0.25) is 0 Å². The minimum Gasteiger partial charge on any atom is -0.329 e. The Morgan fingerprint density at radius 2 is 2.00 bits per heavy atom. The van der Waals surface area contributed by atoms with E-state index >= 15 is 0 Å². The summed E-state index contributed by atoms with van der Waals surface area (Å²) in [6, 6.07) is 0. The Hall–Kier alpha value is -0.0800. The van der Waals surface area contributed by atoms with Gasteiger partial charge in [0.05, 0.1) is 0 Å². The predicted octanol–water partition coefficient (Wildman–Crippen LogP) is 0.723. The SMILES string of the molecule is CCC(C)(C)NCCN. The van der Waals surface area contributed by atoms with E-state index < -0.39 is 0 Å². The summed E-state index contributed by atoms with van der Waals surface area (Å²) < 4.78 is 0. The van der Waals surface area contributed by atoms with Crippen LogP contribution in [0.5, 0.6) is 0 Å². The van der Waals surface area contributed by atoms with Crippen LogP contribution in [-0.2, 0) is 0 Å². The van der Waals surface area contributed by atoms with E-state index in [0.29, 0.717) is 0 Å². The summed E-state index contributed by atoms with van der Waals surface area (Å²) in [6.07, 6.45) is 1.15. The molecule has 0 aromatic rings. The molecule has 0 aromatic carbocycles. The van der Waals surface area contributed by atoms with Crippen LogP contribution in [0.4, 0.5) is 0 Å². The molecule has 0 spiro atoms. The Bertz CT molecular complexity index is 69.3. The molecule has 0 aromatic heterocycles. The molecule has 9 heavy (non-hydrogen) atoms. The quantitative estimate of drug-likeness (QED) is 0.588. The van der Waals surface area contributed by atoms with E-state index in [1.54, 1.807) is 0 Å². The second-order valence-corrected chi connectivity index (χ2v) is 2.95. The van der Waals surface area contributed by atoms with Crippen LogP contribution in [-0.4, -0.2) is 18.6 Å². The molecule has 2 nitrogen and oxygen atoms in total. The van der Waals surface area contributed by atoms with Crippen molar-refractivity contribution in [3.8, 4) is 0 Å². The molecule has 0 saturated heterocycles. The van der Waals surface area contributed by atoms with Crippen LogP contribution in [0.3, 0.4) is 0 Å². The van der Waals surface area contributed by atoms with Gasteiger partial charge in [0, 0.05) is 18.6 Å². The number of hydrogen-bond donors (Lipinski definition) is 2. The van der Waals surface area contributed by atoms with Gasteiger partial charge < -0.3 is 11.1 Å². The molecule has 0 radical (unpaired) electrons. The first kappa shape index (κ1) is 8.92. The Morgan fingerprint density at radius 1 is 1.44 bits per heavy atom. The first-order valence-electron chi connectivity index (χ1n) is 3.57. The monoisotopic (exact) mass is 130 g/mol. The largest absolute Gasteiger partial charge is 0.329 e. The maximum Gasteiger partial charge on any atom is 0.0123 e. The molecule has 0 heterocycles. The molecule has 0 aliphatic heterocycles. The fraction of sp³-hybridized carbons (Fsp3) is 1.00. The van der Waals surface area contributed by atoms with Crippen molar-refractivity contribution in [3.05, 3.63) is 0 Å². The van der Waals surface area contributed by atoms with Gasteiger partial charge in [-0.25, -0.2) is 0 Å². The topological polar surface area (TPSA) is 38.0 Å². The van der Waals surface area contributed by atoms with Crippen molar-refractivity contribution in [1.29, 1.82) is 0 Å². The van der Waals surface area contributed by atoms with E-state index in [9.17, 15) is 0 Å². The first-order chi connectivity index (χ1) is 4.12. The highest BCUT2D eigenvalue weighted by atomic mass is 15.0. The average molecular weight is 130 g/mol. The van der Waals surface area contributed by atoms with Crippen LogP contribution >= 0.6 is 0 Å². The van der Waals surface area contributed by atoms with Gasteiger partial charge in [-0.05, 0) is 20.3 Å². The Balaban J connectivity index is 3.33. The maximum atomic E-state index is 5.33. The molecule has 56 valence electrons. The molecule has 0 amide bonds. The van der Waals surface area contributed by atoms with Gasteiger partial charge >= 0.3 is 0 Å². The lowest BCUT2D eigenvalue weighted by Crippen LogP contribution is -2.41. The van der Waals surface area contributed by atoms with Crippen molar-refractivity contribution in [2.24, 2.45) is 5.73 Å². The number of nitrogens with two attached hydrogens (primary N) is 1. The lowest BCUT2D eigenvalue weighted by molar-refractivity contribution is 0.382. The molecule has 0 unspecified atom stereocenters. The van der Waals surface area contributed by atoms with Crippen molar-refractivity contribution in [2.45, 2.75) is 32.7 Å². The second-order valence-electron chi connectivity index (χ2n) is 2.95. The molecule has 2 heteroatoms.